The average Bonchev–Trinajstić information content (AvgIpc) is 2.18. The molecule has 14 heavy (non-hydrogen) atoms. The summed E-state index contributed by atoms with van der Waals surface area (Å²) in [4.78, 5) is 13.4. The van der Waals surface area contributed by atoms with Gasteiger partial charge >= 0.3 is 0 Å². The monoisotopic (exact) mass is 194 g/mol. The van der Waals surface area contributed by atoms with E-state index >= 15 is 0 Å². The molecule has 1 heterocycles. The van der Waals surface area contributed by atoms with Crippen molar-refractivity contribution < 1.29 is 4.79 Å². The Morgan fingerprint density at radius 2 is 2.29 bits per heavy atom. The summed E-state index contributed by atoms with van der Waals surface area (Å²) in [6.45, 7) is 3.46. The summed E-state index contributed by atoms with van der Waals surface area (Å²) in [6.07, 6.45) is 9.15. The van der Waals surface area contributed by atoms with E-state index in [9.17, 15) is 4.79 Å². The molecule has 1 aliphatic heterocycles. The Hall–Kier alpha value is -1.09. The van der Waals surface area contributed by atoms with E-state index in [4.69, 9.17) is 5.73 Å². The lowest BCUT2D eigenvalue weighted by molar-refractivity contribution is -0.127. The molecule has 1 saturated heterocycles. The lowest BCUT2D eigenvalue weighted by atomic mass is 10.1. The van der Waals surface area contributed by atoms with Gasteiger partial charge in [0.1, 0.15) is 0 Å². The van der Waals surface area contributed by atoms with E-state index in [0.717, 1.165) is 19.4 Å². The maximum atomic E-state index is 11.6. The van der Waals surface area contributed by atoms with Crippen LogP contribution in [0.2, 0.25) is 0 Å². The molecule has 3 heteroatoms. The fourth-order valence-electron chi connectivity index (χ4n) is 1.56. The van der Waals surface area contributed by atoms with E-state index in [-0.39, 0.29) is 11.9 Å². The zero-order valence-electron chi connectivity index (χ0n) is 8.65. The second-order valence-electron chi connectivity index (χ2n) is 3.57. The molecule has 1 fully saturated rings. The average molecular weight is 194 g/mol. The second kappa shape index (κ2) is 5.60. The van der Waals surface area contributed by atoms with Gasteiger partial charge in [-0.05, 0) is 19.8 Å². The van der Waals surface area contributed by atoms with Gasteiger partial charge in [-0.3, -0.25) is 4.79 Å². The van der Waals surface area contributed by atoms with Crippen molar-refractivity contribution >= 4 is 5.91 Å². The molecule has 1 unspecified atom stereocenters. The largest absolute Gasteiger partial charge is 0.338 e. The van der Waals surface area contributed by atoms with Crippen LogP contribution in [0, 0.1) is 0 Å². The number of piperidine rings is 1. The van der Waals surface area contributed by atoms with Crippen LogP contribution < -0.4 is 5.73 Å². The summed E-state index contributed by atoms with van der Waals surface area (Å²) in [5.41, 5.74) is 5.79. The van der Waals surface area contributed by atoms with Gasteiger partial charge in [0.15, 0.2) is 0 Å². The maximum Gasteiger partial charge on any atom is 0.246 e. The number of hydrogen-bond acceptors (Lipinski definition) is 2. The summed E-state index contributed by atoms with van der Waals surface area (Å²) in [7, 11) is 0. The Labute approximate surface area is 85.3 Å². The highest BCUT2D eigenvalue weighted by Crippen LogP contribution is 2.08. The minimum atomic E-state index is 0.0678. The fourth-order valence-corrected chi connectivity index (χ4v) is 1.56. The predicted octanol–water partition coefficient (Wildman–Crippen LogP) is 1.07. The van der Waals surface area contributed by atoms with Crippen LogP contribution in [-0.2, 0) is 4.79 Å². The fraction of sp³-hybridized carbons (Fsp3) is 0.545. The van der Waals surface area contributed by atoms with Crippen LogP contribution in [0.3, 0.4) is 0 Å². The van der Waals surface area contributed by atoms with Crippen LogP contribution in [0.25, 0.3) is 0 Å². The number of hydrogen-bond donors (Lipinski definition) is 1. The molecule has 0 radical (unpaired) electrons. The molecule has 0 saturated carbocycles. The van der Waals surface area contributed by atoms with E-state index in [1.807, 2.05) is 24.0 Å². The van der Waals surface area contributed by atoms with Crippen LogP contribution in [-0.4, -0.2) is 29.9 Å². The van der Waals surface area contributed by atoms with Gasteiger partial charge < -0.3 is 10.6 Å². The Morgan fingerprint density at radius 3 is 2.93 bits per heavy atom. The normalized spacial score (nSPS) is 23.6. The van der Waals surface area contributed by atoms with Crippen molar-refractivity contribution in [2.75, 3.05) is 13.1 Å². The molecule has 1 atom stereocenters. The molecule has 78 valence electrons. The van der Waals surface area contributed by atoms with Crippen molar-refractivity contribution in [2.45, 2.75) is 25.8 Å². The lowest BCUT2D eigenvalue weighted by Gasteiger charge is -2.29. The van der Waals surface area contributed by atoms with E-state index in [0.29, 0.717) is 6.54 Å². The number of nitrogens with zero attached hydrogens (tertiary/aromatic N) is 1. The Bertz CT molecular complexity index is 246. The van der Waals surface area contributed by atoms with Crippen LogP contribution in [0.5, 0.6) is 0 Å². The third-order valence-electron chi connectivity index (χ3n) is 2.31. The van der Waals surface area contributed by atoms with Gasteiger partial charge in [-0.1, -0.05) is 18.2 Å². The quantitative estimate of drug-likeness (QED) is 0.528. The first-order valence-electron chi connectivity index (χ1n) is 5.08. The minimum Gasteiger partial charge on any atom is -0.338 e. The highest BCUT2D eigenvalue weighted by Gasteiger charge is 2.18. The number of allylic oxidation sites excluding steroid dienone is 3. The van der Waals surface area contributed by atoms with Gasteiger partial charge in [-0.15, -0.1) is 0 Å². The first-order chi connectivity index (χ1) is 6.74. The molecule has 3 nitrogen and oxygen atoms in total. The van der Waals surface area contributed by atoms with Crippen molar-refractivity contribution in [3.63, 3.8) is 0 Å². The van der Waals surface area contributed by atoms with Crippen molar-refractivity contribution in [1.29, 1.82) is 0 Å². The zero-order valence-corrected chi connectivity index (χ0v) is 8.65. The molecule has 0 aliphatic carbocycles. The molecule has 1 aliphatic rings. The molecule has 2 N–H and O–H groups in total. The Balaban J connectivity index is 2.43. The number of amides is 1. The lowest BCUT2D eigenvalue weighted by Crippen LogP contribution is -2.45. The van der Waals surface area contributed by atoms with Crippen LogP contribution in [0.15, 0.2) is 24.3 Å². The smallest absolute Gasteiger partial charge is 0.246 e. The highest BCUT2D eigenvalue weighted by atomic mass is 16.2. The van der Waals surface area contributed by atoms with Crippen LogP contribution in [0.4, 0.5) is 0 Å². The summed E-state index contributed by atoms with van der Waals surface area (Å²) < 4.78 is 0. The van der Waals surface area contributed by atoms with Crippen LogP contribution >= 0.6 is 0 Å². The molecule has 0 aromatic rings. The first kappa shape index (κ1) is 11.0. The summed E-state index contributed by atoms with van der Waals surface area (Å²) in [5, 5.41) is 0. The van der Waals surface area contributed by atoms with Crippen molar-refractivity contribution in [2.24, 2.45) is 5.73 Å². The van der Waals surface area contributed by atoms with E-state index in [1.54, 1.807) is 12.2 Å². The van der Waals surface area contributed by atoms with Crippen molar-refractivity contribution in [3.05, 3.63) is 24.3 Å². The number of carbonyl (C=O) groups excluding carboxylic acids is 1. The second-order valence-corrected chi connectivity index (χ2v) is 3.57. The number of carbonyl (C=O) groups is 1. The molecule has 0 spiro atoms. The van der Waals surface area contributed by atoms with Crippen molar-refractivity contribution in [3.8, 4) is 0 Å². The van der Waals surface area contributed by atoms with E-state index in [1.165, 1.54) is 0 Å². The third kappa shape index (κ3) is 3.34. The molecule has 1 rings (SSSR count). The van der Waals surface area contributed by atoms with E-state index < -0.39 is 0 Å². The van der Waals surface area contributed by atoms with Gasteiger partial charge in [-0.25, -0.2) is 0 Å². The molecule has 1 amide bonds. The maximum absolute atomic E-state index is 11.6. The third-order valence-corrected chi connectivity index (χ3v) is 2.31. The Kier molecular flexibility index (Phi) is 4.40. The summed E-state index contributed by atoms with van der Waals surface area (Å²) in [6, 6.07) is 0.155. The van der Waals surface area contributed by atoms with Crippen molar-refractivity contribution in [1.82, 2.24) is 4.90 Å². The van der Waals surface area contributed by atoms with Gasteiger partial charge in [0.05, 0.1) is 0 Å². The van der Waals surface area contributed by atoms with E-state index in [2.05, 4.69) is 0 Å². The topological polar surface area (TPSA) is 46.3 Å². The minimum absolute atomic E-state index is 0.0678. The zero-order chi connectivity index (χ0) is 10.4. The molecular weight excluding hydrogens is 176 g/mol. The summed E-state index contributed by atoms with van der Waals surface area (Å²) >= 11 is 0. The van der Waals surface area contributed by atoms with Gasteiger partial charge in [-0.2, -0.15) is 0 Å². The molecule has 0 aromatic carbocycles. The Morgan fingerprint density at radius 1 is 1.50 bits per heavy atom. The standard InChI is InChI=1S/C11H18N2O/c1-2-3-4-7-11(14)13-8-5-6-10(12)9-13/h2-4,7,10H,5-6,8-9,12H2,1H3. The van der Waals surface area contributed by atoms with Crippen LogP contribution in [0.1, 0.15) is 19.8 Å². The predicted molar refractivity (Wildman–Crippen MR) is 57.7 cm³/mol. The summed E-state index contributed by atoms with van der Waals surface area (Å²) in [5.74, 6) is 0.0678. The highest BCUT2D eigenvalue weighted by molar-refractivity contribution is 5.87. The first-order valence-corrected chi connectivity index (χ1v) is 5.08. The SMILES string of the molecule is CC=CC=CC(=O)N1CCCC(N)C1. The molecule has 0 aromatic heterocycles. The molecule has 0 bridgehead atoms. The number of rotatable bonds is 2. The van der Waals surface area contributed by atoms with Gasteiger partial charge in [0.25, 0.3) is 0 Å². The number of nitrogens with two attached hydrogens (primary N) is 1. The van der Waals surface area contributed by atoms with Gasteiger partial charge in [0.2, 0.25) is 5.91 Å². The molecular formula is C11H18N2O. The van der Waals surface area contributed by atoms with Gasteiger partial charge in [0, 0.05) is 25.2 Å². The number of likely N-dealkylation sites (tertiary alicyclic amines) is 1.